The van der Waals surface area contributed by atoms with E-state index in [1.807, 2.05) is 6.20 Å². The van der Waals surface area contributed by atoms with E-state index in [4.69, 9.17) is 14.2 Å². The van der Waals surface area contributed by atoms with Crippen molar-refractivity contribution in [2.75, 3.05) is 14.2 Å². The highest BCUT2D eigenvalue weighted by molar-refractivity contribution is 5.76. The largest absolute Gasteiger partial charge is 0.508 e. The van der Waals surface area contributed by atoms with Gasteiger partial charge in [-0.15, -0.1) is 0 Å². The summed E-state index contributed by atoms with van der Waals surface area (Å²) in [6.45, 7) is 0. The summed E-state index contributed by atoms with van der Waals surface area (Å²) in [7, 11) is 3.24. The van der Waals surface area contributed by atoms with Crippen molar-refractivity contribution in [3.05, 3.63) is 41.1 Å². The van der Waals surface area contributed by atoms with Crippen LogP contribution in [-0.2, 0) is 15.9 Å². The summed E-state index contributed by atoms with van der Waals surface area (Å²) in [6, 6.07) is 5.14. The quantitative estimate of drug-likeness (QED) is 0.882. The molecule has 0 fully saturated rings. The zero-order chi connectivity index (χ0) is 15.3. The van der Waals surface area contributed by atoms with Gasteiger partial charge in [-0.2, -0.15) is 0 Å². The maximum absolute atomic E-state index is 9.76. The fourth-order valence-corrected chi connectivity index (χ4v) is 3.47. The second-order valence-electron chi connectivity index (χ2n) is 5.58. The van der Waals surface area contributed by atoms with Crippen LogP contribution in [0, 0.1) is 0 Å². The summed E-state index contributed by atoms with van der Waals surface area (Å²) in [4.78, 5) is 4.62. The van der Waals surface area contributed by atoms with Crippen LogP contribution < -0.4 is 4.74 Å². The summed E-state index contributed by atoms with van der Waals surface area (Å²) in [5.41, 5.74) is 4.99. The van der Waals surface area contributed by atoms with Gasteiger partial charge in [0.2, 0.25) is 0 Å². The van der Waals surface area contributed by atoms with Gasteiger partial charge in [-0.3, -0.25) is 4.98 Å². The van der Waals surface area contributed by atoms with Gasteiger partial charge in [-0.05, 0) is 36.6 Å². The molecular weight excluding hydrogens is 282 g/mol. The maximum atomic E-state index is 9.76. The Labute approximate surface area is 128 Å². The molecule has 1 aliphatic carbocycles. The van der Waals surface area contributed by atoms with Crippen LogP contribution in [0.3, 0.4) is 0 Å². The number of phenols is 1. The molecule has 22 heavy (non-hydrogen) atoms. The van der Waals surface area contributed by atoms with Crippen molar-refractivity contribution in [2.45, 2.75) is 25.2 Å². The van der Waals surface area contributed by atoms with Gasteiger partial charge in [0.25, 0.3) is 0 Å². The molecule has 0 bridgehead atoms. The molecular formula is C17H17NO4. The molecule has 0 radical (unpaired) electrons. The lowest BCUT2D eigenvalue weighted by Gasteiger charge is -2.26. The van der Waals surface area contributed by atoms with Crippen LogP contribution >= 0.6 is 0 Å². The number of hydrogen-bond donors (Lipinski definition) is 1. The molecule has 2 aromatic rings. The average molecular weight is 299 g/mol. The predicted molar refractivity (Wildman–Crippen MR) is 79.8 cm³/mol. The molecule has 0 saturated carbocycles. The van der Waals surface area contributed by atoms with Crippen LogP contribution in [0.25, 0.3) is 11.3 Å². The fraction of sp³-hybridized carbons (Fsp3) is 0.353. The van der Waals surface area contributed by atoms with Crippen molar-refractivity contribution in [3.8, 4) is 22.8 Å². The van der Waals surface area contributed by atoms with Gasteiger partial charge in [0, 0.05) is 37.1 Å². The minimum atomic E-state index is -0.419. The Hall–Kier alpha value is -2.11. The van der Waals surface area contributed by atoms with E-state index in [0.29, 0.717) is 0 Å². The normalized spacial score (nSPS) is 18.0. The van der Waals surface area contributed by atoms with Gasteiger partial charge in [0.1, 0.15) is 17.6 Å². The molecule has 0 amide bonds. The summed E-state index contributed by atoms with van der Waals surface area (Å²) >= 11 is 0. The van der Waals surface area contributed by atoms with Crippen molar-refractivity contribution in [2.24, 2.45) is 0 Å². The third kappa shape index (κ3) is 1.82. The number of ether oxygens (including phenoxy) is 3. The van der Waals surface area contributed by atoms with Gasteiger partial charge in [-0.25, -0.2) is 0 Å². The number of phenolic OH excluding ortho intramolecular Hbond substituents is 1. The van der Waals surface area contributed by atoms with E-state index in [2.05, 4.69) is 4.98 Å². The van der Waals surface area contributed by atoms with Crippen LogP contribution in [-0.4, -0.2) is 24.3 Å². The molecule has 2 aliphatic rings. The standard InChI is InChI=1S/C17H17NO4/c1-20-17(21-2)12-8-18-16-11-7-9(19)3-5-13(11)22-14-6-4-10(12)15(14)16/h3,5,7-8,14,17,19H,4,6H2,1-2H3/t14-/m1/s1. The number of benzene rings is 1. The van der Waals surface area contributed by atoms with Crippen LogP contribution in [0.5, 0.6) is 11.5 Å². The van der Waals surface area contributed by atoms with Crippen molar-refractivity contribution < 1.29 is 19.3 Å². The number of pyridine rings is 1. The SMILES string of the molecule is COC(OC)c1cnc2c3c1CC[C@H]3Oc1ccc(O)cc1-2. The van der Waals surface area contributed by atoms with Crippen LogP contribution in [0.1, 0.15) is 35.5 Å². The van der Waals surface area contributed by atoms with Gasteiger partial charge in [0.05, 0.1) is 5.69 Å². The van der Waals surface area contributed by atoms with E-state index >= 15 is 0 Å². The van der Waals surface area contributed by atoms with Crippen molar-refractivity contribution in [1.82, 2.24) is 4.98 Å². The van der Waals surface area contributed by atoms with Gasteiger partial charge in [-0.1, -0.05) is 0 Å². The molecule has 1 aromatic heterocycles. The monoisotopic (exact) mass is 299 g/mol. The molecule has 1 aliphatic heterocycles. The Morgan fingerprint density at radius 2 is 2.14 bits per heavy atom. The van der Waals surface area contributed by atoms with Gasteiger partial charge in [0.15, 0.2) is 6.29 Å². The summed E-state index contributed by atoms with van der Waals surface area (Å²) in [5.74, 6) is 0.989. The Morgan fingerprint density at radius 3 is 2.91 bits per heavy atom. The molecule has 0 spiro atoms. The van der Waals surface area contributed by atoms with Crippen molar-refractivity contribution in [3.63, 3.8) is 0 Å². The molecule has 1 atom stereocenters. The Bertz CT molecular complexity index is 740. The lowest BCUT2D eigenvalue weighted by atomic mass is 9.95. The molecule has 5 heteroatoms. The van der Waals surface area contributed by atoms with Crippen LogP contribution in [0.4, 0.5) is 0 Å². The molecule has 4 rings (SSSR count). The smallest absolute Gasteiger partial charge is 0.184 e. The molecule has 5 nitrogen and oxygen atoms in total. The first kappa shape index (κ1) is 13.5. The topological polar surface area (TPSA) is 60.8 Å². The first-order valence-electron chi connectivity index (χ1n) is 7.30. The fourth-order valence-electron chi connectivity index (χ4n) is 3.47. The molecule has 114 valence electrons. The highest BCUT2D eigenvalue weighted by Gasteiger charge is 2.36. The second-order valence-corrected chi connectivity index (χ2v) is 5.58. The molecule has 0 saturated heterocycles. The highest BCUT2D eigenvalue weighted by atomic mass is 16.7. The first-order valence-corrected chi connectivity index (χ1v) is 7.30. The lowest BCUT2D eigenvalue weighted by Crippen LogP contribution is -2.14. The van der Waals surface area contributed by atoms with Crippen LogP contribution in [0.15, 0.2) is 24.4 Å². The summed E-state index contributed by atoms with van der Waals surface area (Å²) in [6.07, 6.45) is 3.24. The zero-order valence-electron chi connectivity index (χ0n) is 12.5. The minimum Gasteiger partial charge on any atom is -0.508 e. The van der Waals surface area contributed by atoms with E-state index in [1.54, 1.807) is 32.4 Å². The zero-order valence-corrected chi connectivity index (χ0v) is 12.5. The third-order valence-corrected chi connectivity index (χ3v) is 4.41. The van der Waals surface area contributed by atoms with Gasteiger partial charge < -0.3 is 19.3 Å². The number of hydrogen-bond acceptors (Lipinski definition) is 5. The van der Waals surface area contributed by atoms with Crippen molar-refractivity contribution in [1.29, 1.82) is 0 Å². The first-order chi connectivity index (χ1) is 10.7. The van der Waals surface area contributed by atoms with E-state index in [9.17, 15) is 5.11 Å². The highest BCUT2D eigenvalue weighted by Crippen LogP contribution is 2.50. The number of rotatable bonds is 3. The number of methoxy groups -OCH3 is 2. The predicted octanol–water partition coefficient (Wildman–Crippen LogP) is 3.13. The molecule has 0 unspecified atom stereocenters. The van der Waals surface area contributed by atoms with E-state index in [-0.39, 0.29) is 11.9 Å². The van der Waals surface area contributed by atoms with Crippen molar-refractivity contribution >= 4 is 0 Å². The molecule has 1 aromatic carbocycles. The Kier molecular flexibility index (Phi) is 3.06. The second kappa shape index (κ2) is 4.97. The minimum absolute atomic E-state index is 0.0175. The molecule has 2 heterocycles. The van der Waals surface area contributed by atoms with Gasteiger partial charge >= 0.3 is 0 Å². The third-order valence-electron chi connectivity index (χ3n) is 4.41. The number of fused-ring (bicyclic) bond motifs is 2. The number of nitrogens with zero attached hydrogens (tertiary/aromatic N) is 1. The van der Waals surface area contributed by atoms with E-state index in [1.165, 1.54) is 5.56 Å². The van der Waals surface area contributed by atoms with Crippen LogP contribution in [0.2, 0.25) is 0 Å². The van der Waals surface area contributed by atoms with E-state index < -0.39 is 6.29 Å². The summed E-state index contributed by atoms with van der Waals surface area (Å²) < 4.78 is 16.9. The van der Waals surface area contributed by atoms with E-state index in [0.717, 1.165) is 41.0 Å². The lowest BCUT2D eigenvalue weighted by molar-refractivity contribution is -0.106. The average Bonchev–Trinajstić information content (AvgIpc) is 2.95. The Balaban J connectivity index is 1.92. The number of aromatic nitrogens is 1. The summed E-state index contributed by atoms with van der Waals surface area (Å²) in [5, 5.41) is 9.76. The maximum Gasteiger partial charge on any atom is 0.184 e. The Morgan fingerprint density at radius 1 is 1.32 bits per heavy atom. The molecule has 1 N–H and O–H groups in total. The number of aromatic hydroxyl groups is 1.